The number of aliphatic hydroxyl groups is 1. The van der Waals surface area contributed by atoms with Crippen molar-refractivity contribution in [3.8, 4) is 12.3 Å². The molecular weight excluding hydrogens is 65.9 g/mol. The molecule has 1 nitrogen and oxygen atoms in total. The molecule has 3 heteroatoms. The molecule has 0 rings (SSSR count). The van der Waals surface area contributed by atoms with Crippen LogP contribution in [0.4, 0.5) is 0 Å². The predicted molar refractivity (Wildman–Crippen MR) is 15.1 cm³/mol. The van der Waals surface area contributed by atoms with Crippen molar-refractivity contribution >= 4 is 0 Å². The van der Waals surface area contributed by atoms with Gasteiger partial charge in [-0.2, -0.15) is 0 Å². The van der Waals surface area contributed by atoms with Gasteiger partial charge in [0.05, 0.1) is 0 Å². The molecule has 0 saturated heterocycles. The van der Waals surface area contributed by atoms with Crippen LogP contribution in [0, 0.1) is 19.0 Å². The third-order valence-electron chi connectivity index (χ3n) is 0.0745. The smallest absolute Gasteiger partial charge is 0.449 e. The summed E-state index contributed by atoms with van der Waals surface area (Å²) >= 11 is 0. The van der Waals surface area contributed by atoms with Crippen LogP contribution in [-0.2, 0) is 0 Å². The second-order valence-corrected chi connectivity index (χ2v) is 0.296. The fourth-order valence-electron chi connectivity index (χ4n) is 0. The molecule has 0 radical (unpaired) electrons. The summed E-state index contributed by atoms with van der Waals surface area (Å²) in [6.45, 7) is 0.653. The van der Waals surface area contributed by atoms with Crippen molar-refractivity contribution in [1.82, 2.24) is 0 Å². The van der Waals surface area contributed by atoms with Crippen molar-refractivity contribution in [2.75, 3.05) is 0 Å². The second kappa shape index (κ2) is 17.6. The molecule has 0 fully saturated rings. The zero-order valence-electron chi connectivity index (χ0n) is 4.10. The van der Waals surface area contributed by atoms with Gasteiger partial charge >= 0.3 is 37.7 Å². The van der Waals surface area contributed by atoms with Crippen molar-refractivity contribution in [1.29, 1.82) is 0 Å². The number of hydrogen-bond acceptors (Lipinski definition) is 1. The van der Waals surface area contributed by atoms with Gasteiger partial charge in [0.2, 0.25) is 0 Å². The molecule has 0 heterocycles. The van der Waals surface area contributed by atoms with Crippen molar-refractivity contribution in [2.24, 2.45) is 0 Å². The molecule has 0 bridgehead atoms. The molecule has 0 spiro atoms. The number of aliphatic hydroxyl groups excluding tert-OH is 1. The zero-order chi connectivity index (χ0) is 3.41. The van der Waals surface area contributed by atoms with E-state index in [0.717, 1.165) is 0 Å². The van der Waals surface area contributed by atoms with Gasteiger partial charge in [-0.3, -0.25) is 5.92 Å². The first-order valence-electron chi connectivity index (χ1n) is 0.836. The van der Waals surface area contributed by atoms with E-state index in [9.17, 15) is 0 Å². The van der Waals surface area contributed by atoms with E-state index in [2.05, 4.69) is 6.42 Å². The van der Waals surface area contributed by atoms with Crippen LogP contribution in [0.3, 0.4) is 0 Å². The van der Waals surface area contributed by atoms with Gasteiger partial charge in [0.15, 0.2) is 0 Å². The summed E-state index contributed by atoms with van der Waals surface area (Å²) in [6.07, 6.45) is 4.47. The summed E-state index contributed by atoms with van der Waals surface area (Å²) in [7, 11) is 0. The van der Waals surface area contributed by atoms with E-state index in [1.807, 2.05) is 5.92 Å². The summed E-state index contributed by atoms with van der Waals surface area (Å²) in [6, 6.07) is 0. The van der Waals surface area contributed by atoms with Gasteiger partial charge in [-0.15, -0.1) is 0 Å². The standard InChI is InChI=1S/C3H3O.2Li/c1-2-3-4;;/h1,3-4H;;/q-1;2*+1. The Hall–Kier alpha value is 0.585. The number of hydrogen-bond donors (Lipinski definition) is 1. The van der Waals surface area contributed by atoms with Crippen molar-refractivity contribution in [3.05, 3.63) is 6.61 Å². The molecule has 0 unspecified atom stereocenters. The minimum atomic E-state index is 0. The molecule has 0 atom stereocenters. The van der Waals surface area contributed by atoms with Gasteiger partial charge in [-0.05, 0) is 0 Å². The summed E-state index contributed by atoms with van der Waals surface area (Å²) in [5.74, 6) is 1.86. The van der Waals surface area contributed by atoms with Gasteiger partial charge in [-0.25, -0.2) is 0 Å². The Bertz CT molecular complexity index is 38.5. The third kappa shape index (κ3) is 23.5. The van der Waals surface area contributed by atoms with Crippen LogP contribution in [0.25, 0.3) is 0 Å². The fraction of sp³-hybridized carbons (Fsp3) is 0. The summed E-state index contributed by atoms with van der Waals surface area (Å²) < 4.78 is 0. The van der Waals surface area contributed by atoms with Gasteiger partial charge in [0.1, 0.15) is 0 Å². The van der Waals surface area contributed by atoms with Crippen molar-refractivity contribution in [3.63, 3.8) is 0 Å². The van der Waals surface area contributed by atoms with E-state index in [0.29, 0.717) is 6.61 Å². The zero-order valence-corrected chi connectivity index (χ0v) is 4.10. The molecule has 0 aromatic rings. The van der Waals surface area contributed by atoms with Gasteiger partial charge < -0.3 is 11.5 Å². The summed E-state index contributed by atoms with van der Waals surface area (Å²) in [5.41, 5.74) is 0. The molecule has 0 aliphatic carbocycles. The third-order valence-corrected chi connectivity index (χ3v) is 0.0745. The van der Waals surface area contributed by atoms with Crippen LogP contribution in [0.5, 0.6) is 0 Å². The first-order valence-corrected chi connectivity index (χ1v) is 0.836. The average molecular weight is 68.9 g/mol. The predicted octanol–water partition coefficient (Wildman–Crippen LogP) is -5.84. The first-order chi connectivity index (χ1) is 1.91. The maximum Gasteiger partial charge on any atom is 1.00 e. The molecule has 1 N–H and O–H groups in total. The summed E-state index contributed by atoms with van der Waals surface area (Å²) in [4.78, 5) is 0. The van der Waals surface area contributed by atoms with Gasteiger partial charge in [0, 0.05) is 0 Å². The largest absolute Gasteiger partial charge is 1.00 e. The maximum atomic E-state index is 7.51. The van der Waals surface area contributed by atoms with E-state index in [4.69, 9.17) is 5.11 Å². The second-order valence-electron chi connectivity index (χ2n) is 0.296. The van der Waals surface area contributed by atoms with Crippen LogP contribution >= 0.6 is 0 Å². The Morgan fingerprint density at radius 3 is 1.67 bits per heavy atom. The Kier molecular flexibility index (Phi) is 46.8. The fourth-order valence-corrected chi connectivity index (χ4v) is 0. The molecule has 22 valence electrons. The number of rotatable bonds is 0. The Morgan fingerprint density at radius 1 is 1.50 bits per heavy atom. The molecule has 0 saturated carbocycles. The first kappa shape index (κ1) is 16.0. The molecule has 6 heavy (non-hydrogen) atoms. The molecule has 0 aliphatic heterocycles. The van der Waals surface area contributed by atoms with Crippen LogP contribution < -0.4 is 37.7 Å². The molecule has 0 aromatic carbocycles. The van der Waals surface area contributed by atoms with E-state index in [-0.39, 0.29) is 37.7 Å². The van der Waals surface area contributed by atoms with E-state index in [1.165, 1.54) is 0 Å². The van der Waals surface area contributed by atoms with Gasteiger partial charge in [-0.1, -0.05) is 6.61 Å². The van der Waals surface area contributed by atoms with Crippen molar-refractivity contribution < 1.29 is 42.8 Å². The Morgan fingerprint density at radius 2 is 1.67 bits per heavy atom. The van der Waals surface area contributed by atoms with Crippen LogP contribution in [0.15, 0.2) is 0 Å². The SMILES string of the molecule is C#C[CH-]O.[Li+].[Li+]. The van der Waals surface area contributed by atoms with E-state index in [1.54, 1.807) is 0 Å². The van der Waals surface area contributed by atoms with Crippen LogP contribution in [-0.4, -0.2) is 5.11 Å². The molecule has 0 aromatic heterocycles. The monoisotopic (exact) mass is 69.0 g/mol. The van der Waals surface area contributed by atoms with E-state index >= 15 is 0 Å². The number of terminal acetylenes is 1. The summed E-state index contributed by atoms with van der Waals surface area (Å²) in [5, 5.41) is 7.51. The van der Waals surface area contributed by atoms with Crippen molar-refractivity contribution in [2.45, 2.75) is 0 Å². The quantitative estimate of drug-likeness (QED) is 0.171. The van der Waals surface area contributed by atoms with Gasteiger partial charge in [0.25, 0.3) is 0 Å². The minimum absolute atomic E-state index is 0. The van der Waals surface area contributed by atoms with Crippen LogP contribution in [0.1, 0.15) is 0 Å². The minimum Gasteiger partial charge on any atom is -0.449 e. The van der Waals surface area contributed by atoms with Crippen LogP contribution in [0.2, 0.25) is 0 Å². The Labute approximate surface area is 61.9 Å². The normalized spacial score (nSPS) is 2.67. The average Bonchev–Trinajstić information content (AvgIpc) is 1.37. The maximum absolute atomic E-state index is 7.51. The Balaban J connectivity index is -0.0000000450. The molecule has 0 aliphatic rings. The van der Waals surface area contributed by atoms with E-state index < -0.39 is 0 Å². The topological polar surface area (TPSA) is 20.2 Å². The molecule has 0 amide bonds. The molecular formula is C3H3Li2O+.